The first kappa shape index (κ1) is 16.7. The van der Waals surface area contributed by atoms with Crippen LogP contribution < -0.4 is 10.1 Å². The summed E-state index contributed by atoms with van der Waals surface area (Å²) in [5, 5.41) is 7.37. The highest BCUT2D eigenvalue weighted by Gasteiger charge is 2.16. The van der Waals surface area contributed by atoms with Gasteiger partial charge in [0.25, 0.3) is 5.91 Å². The molecule has 0 bridgehead atoms. The van der Waals surface area contributed by atoms with Crippen LogP contribution in [0.5, 0.6) is 5.88 Å². The molecule has 0 radical (unpaired) electrons. The van der Waals surface area contributed by atoms with Crippen LogP contribution in [0.3, 0.4) is 0 Å². The summed E-state index contributed by atoms with van der Waals surface area (Å²) in [6.45, 7) is 6.21. The van der Waals surface area contributed by atoms with E-state index in [2.05, 4.69) is 15.4 Å². The van der Waals surface area contributed by atoms with Gasteiger partial charge in [-0.15, -0.1) is 0 Å². The van der Waals surface area contributed by atoms with E-state index in [0.29, 0.717) is 23.9 Å². The Morgan fingerprint density at radius 1 is 1.20 bits per heavy atom. The van der Waals surface area contributed by atoms with Crippen molar-refractivity contribution in [2.45, 2.75) is 20.8 Å². The molecule has 0 spiro atoms. The molecule has 6 heteroatoms. The van der Waals surface area contributed by atoms with Crippen LogP contribution in [0, 0.1) is 13.8 Å². The summed E-state index contributed by atoms with van der Waals surface area (Å²) < 4.78 is 7.15. The lowest BCUT2D eigenvalue weighted by molar-refractivity contribution is 0.102. The lowest BCUT2D eigenvalue weighted by Crippen LogP contribution is -2.17. The summed E-state index contributed by atoms with van der Waals surface area (Å²) in [7, 11) is 0. The summed E-state index contributed by atoms with van der Waals surface area (Å²) in [4.78, 5) is 16.8. The number of hydrogen-bond donors (Lipinski definition) is 1. The van der Waals surface area contributed by atoms with E-state index in [9.17, 15) is 4.79 Å². The van der Waals surface area contributed by atoms with Crippen molar-refractivity contribution >= 4 is 11.7 Å². The molecule has 2 heterocycles. The van der Waals surface area contributed by atoms with Crippen molar-refractivity contribution in [1.82, 2.24) is 14.8 Å². The van der Waals surface area contributed by atoms with Crippen molar-refractivity contribution in [1.29, 1.82) is 0 Å². The number of aryl methyl sites for hydroxylation is 2. The van der Waals surface area contributed by atoms with Crippen LogP contribution in [0.2, 0.25) is 0 Å². The lowest BCUT2D eigenvalue weighted by Gasteiger charge is -2.11. The number of amides is 1. The Bertz CT molecular complexity index is 885. The Labute approximate surface area is 146 Å². The molecular formula is C19H20N4O2. The van der Waals surface area contributed by atoms with Crippen LogP contribution in [-0.4, -0.2) is 27.3 Å². The molecule has 1 aromatic carbocycles. The van der Waals surface area contributed by atoms with E-state index in [0.717, 1.165) is 16.9 Å². The lowest BCUT2D eigenvalue weighted by atomic mass is 10.2. The molecule has 6 nitrogen and oxygen atoms in total. The third-order valence-electron chi connectivity index (χ3n) is 3.65. The fraction of sp³-hybridized carbons (Fsp3) is 0.211. The second kappa shape index (κ2) is 7.17. The maximum atomic E-state index is 12.7. The largest absolute Gasteiger partial charge is 0.477 e. The maximum Gasteiger partial charge on any atom is 0.262 e. The molecule has 3 rings (SSSR count). The predicted molar refractivity (Wildman–Crippen MR) is 96.4 cm³/mol. The highest BCUT2D eigenvalue weighted by Crippen LogP contribution is 2.20. The Morgan fingerprint density at radius 2 is 1.96 bits per heavy atom. The van der Waals surface area contributed by atoms with Crippen molar-refractivity contribution in [2.75, 3.05) is 11.9 Å². The maximum absolute atomic E-state index is 12.7. The topological polar surface area (TPSA) is 69.0 Å². The van der Waals surface area contributed by atoms with Crippen LogP contribution in [0.1, 0.15) is 28.5 Å². The number of nitrogens with zero attached hydrogens (tertiary/aromatic N) is 3. The number of carbonyl (C=O) groups is 1. The van der Waals surface area contributed by atoms with Gasteiger partial charge in [0.2, 0.25) is 5.88 Å². The number of benzene rings is 1. The normalized spacial score (nSPS) is 10.5. The number of hydrogen-bond acceptors (Lipinski definition) is 4. The molecular weight excluding hydrogens is 316 g/mol. The summed E-state index contributed by atoms with van der Waals surface area (Å²) in [5.74, 6) is 0.628. The third kappa shape index (κ3) is 3.68. The molecule has 0 aliphatic carbocycles. The van der Waals surface area contributed by atoms with Crippen LogP contribution in [0.15, 0.2) is 48.7 Å². The first-order valence-electron chi connectivity index (χ1n) is 8.11. The molecule has 0 saturated heterocycles. The van der Waals surface area contributed by atoms with E-state index in [1.54, 1.807) is 23.0 Å². The van der Waals surface area contributed by atoms with E-state index in [-0.39, 0.29) is 5.91 Å². The summed E-state index contributed by atoms with van der Waals surface area (Å²) in [5.41, 5.74) is 3.24. The highest BCUT2D eigenvalue weighted by molar-refractivity contribution is 6.05. The molecule has 25 heavy (non-hydrogen) atoms. The quantitative estimate of drug-likeness (QED) is 0.774. The van der Waals surface area contributed by atoms with Crippen LogP contribution in [0.4, 0.5) is 5.82 Å². The molecule has 0 unspecified atom stereocenters. The van der Waals surface area contributed by atoms with Crippen molar-refractivity contribution in [3.63, 3.8) is 0 Å². The molecule has 2 aromatic heterocycles. The first-order chi connectivity index (χ1) is 12.1. The number of pyridine rings is 1. The van der Waals surface area contributed by atoms with Crippen molar-refractivity contribution in [2.24, 2.45) is 0 Å². The molecule has 0 fully saturated rings. The molecule has 1 N–H and O–H groups in total. The Kier molecular flexibility index (Phi) is 4.79. The van der Waals surface area contributed by atoms with E-state index >= 15 is 0 Å². The second-order valence-electron chi connectivity index (χ2n) is 5.66. The Hall–Kier alpha value is -3.15. The van der Waals surface area contributed by atoms with Crippen LogP contribution in [0.25, 0.3) is 5.69 Å². The van der Waals surface area contributed by atoms with Crippen LogP contribution >= 0.6 is 0 Å². The van der Waals surface area contributed by atoms with E-state index in [4.69, 9.17) is 4.74 Å². The monoisotopic (exact) mass is 336 g/mol. The molecule has 3 aromatic rings. The molecule has 0 aliphatic rings. The predicted octanol–water partition coefficient (Wildman–Crippen LogP) is 3.54. The van der Waals surface area contributed by atoms with Crippen molar-refractivity contribution < 1.29 is 9.53 Å². The standard InChI is InChI=1S/C19H20N4O2/c1-4-25-19-16(6-5-11-20-19)18(24)21-17-12-14(3)22-23(17)15-9-7-13(2)8-10-15/h5-12H,4H2,1-3H3,(H,21,24). The van der Waals surface area contributed by atoms with Crippen molar-refractivity contribution in [3.05, 3.63) is 65.5 Å². The highest BCUT2D eigenvalue weighted by atomic mass is 16.5. The van der Waals surface area contributed by atoms with Gasteiger partial charge in [0.05, 0.1) is 18.0 Å². The fourth-order valence-corrected chi connectivity index (χ4v) is 2.47. The zero-order valence-electron chi connectivity index (χ0n) is 14.5. The van der Waals surface area contributed by atoms with Gasteiger partial charge < -0.3 is 10.1 Å². The molecule has 0 atom stereocenters. The van der Waals surface area contributed by atoms with Gasteiger partial charge in [0.15, 0.2) is 0 Å². The number of anilines is 1. The molecule has 1 amide bonds. The number of carbonyl (C=O) groups excluding carboxylic acids is 1. The van der Waals surface area contributed by atoms with Gasteiger partial charge in [-0.25, -0.2) is 9.67 Å². The zero-order chi connectivity index (χ0) is 17.8. The minimum absolute atomic E-state index is 0.287. The SMILES string of the molecule is CCOc1ncccc1C(=O)Nc1cc(C)nn1-c1ccc(C)cc1. The average Bonchev–Trinajstić information content (AvgIpc) is 2.96. The fourth-order valence-electron chi connectivity index (χ4n) is 2.47. The number of rotatable bonds is 5. The van der Waals surface area contributed by atoms with Gasteiger partial charge in [-0.05, 0) is 45.0 Å². The van der Waals surface area contributed by atoms with Gasteiger partial charge in [0, 0.05) is 12.3 Å². The van der Waals surface area contributed by atoms with E-state index < -0.39 is 0 Å². The summed E-state index contributed by atoms with van der Waals surface area (Å²) in [6.07, 6.45) is 1.60. The summed E-state index contributed by atoms with van der Waals surface area (Å²) in [6, 6.07) is 13.2. The minimum atomic E-state index is -0.287. The molecule has 0 aliphatic heterocycles. The van der Waals surface area contributed by atoms with E-state index in [1.165, 1.54) is 0 Å². The number of nitrogens with one attached hydrogen (secondary N) is 1. The third-order valence-corrected chi connectivity index (χ3v) is 3.65. The van der Waals surface area contributed by atoms with Gasteiger partial charge in [-0.1, -0.05) is 17.7 Å². The average molecular weight is 336 g/mol. The zero-order valence-corrected chi connectivity index (χ0v) is 14.5. The molecule has 128 valence electrons. The van der Waals surface area contributed by atoms with Gasteiger partial charge >= 0.3 is 0 Å². The van der Waals surface area contributed by atoms with Crippen LogP contribution in [-0.2, 0) is 0 Å². The van der Waals surface area contributed by atoms with E-state index in [1.807, 2.05) is 51.1 Å². The van der Waals surface area contributed by atoms with Gasteiger partial charge in [0.1, 0.15) is 11.4 Å². The Balaban J connectivity index is 1.91. The minimum Gasteiger partial charge on any atom is -0.477 e. The van der Waals surface area contributed by atoms with Crippen molar-refractivity contribution in [3.8, 4) is 11.6 Å². The number of ether oxygens (including phenoxy) is 1. The van der Waals surface area contributed by atoms with Gasteiger partial charge in [-0.2, -0.15) is 5.10 Å². The smallest absolute Gasteiger partial charge is 0.262 e. The van der Waals surface area contributed by atoms with Gasteiger partial charge in [-0.3, -0.25) is 4.79 Å². The Morgan fingerprint density at radius 3 is 2.68 bits per heavy atom. The second-order valence-corrected chi connectivity index (χ2v) is 5.66. The number of aromatic nitrogens is 3. The first-order valence-corrected chi connectivity index (χ1v) is 8.11. The molecule has 0 saturated carbocycles. The summed E-state index contributed by atoms with van der Waals surface area (Å²) >= 11 is 0.